The Labute approximate surface area is 162 Å². The molecule has 0 unspecified atom stereocenters. The second-order valence-corrected chi connectivity index (χ2v) is 6.40. The summed E-state index contributed by atoms with van der Waals surface area (Å²) >= 11 is 6.14. The summed E-state index contributed by atoms with van der Waals surface area (Å²) in [7, 11) is 0. The highest BCUT2D eigenvalue weighted by Gasteiger charge is 2.13. The van der Waals surface area contributed by atoms with E-state index in [0.29, 0.717) is 29.4 Å². The Balaban J connectivity index is 1.76. The van der Waals surface area contributed by atoms with E-state index >= 15 is 0 Å². The third-order valence-corrected chi connectivity index (χ3v) is 4.34. The van der Waals surface area contributed by atoms with Crippen molar-refractivity contribution in [2.75, 3.05) is 0 Å². The summed E-state index contributed by atoms with van der Waals surface area (Å²) in [6, 6.07) is 14.6. The van der Waals surface area contributed by atoms with E-state index in [0.717, 1.165) is 11.1 Å². The van der Waals surface area contributed by atoms with Crippen LogP contribution in [0.1, 0.15) is 28.4 Å². The Morgan fingerprint density at radius 1 is 1.04 bits per heavy atom. The predicted molar refractivity (Wildman–Crippen MR) is 104 cm³/mol. The van der Waals surface area contributed by atoms with Gasteiger partial charge in [0.25, 0.3) is 5.91 Å². The van der Waals surface area contributed by atoms with Crippen LogP contribution in [-0.2, 0) is 17.9 Å². The minimum Gasteiger partial charge on any atom is -0.352 e. The van der Waals surface area contributed by atoms with Gasteiger partial charge in [0.15, 0.2) is 0 Å². The molecule has 3 rings (SSSR count). The second kappa shape index (κ2) is 8.51. The Bertz CT molecular complexity index is 968. The normalized spacial score (nSPS) is 10.4. The van der Waals surface area contributed by atoms with E-state index in [1.54, 1.807) is 35.3 Å². The Hall–Kier alpha value is -3.12. The van der Waals surface area contributed by atoms with E-state index < -0.39 is 0 Å². The lowest BCUT2D eigenvalue weighted by atomic mass is 10.1. The van der Waals surface area contributed by atoms with Crippen molar-refractivity contribution in [3.63, 3.8) is 0 Å². The van der Waals surface area contributed by atoms with Crippen LogP contribution in [0.15, 0.2) is 60.9 Å². The minimum atomic E-state index is -0.218. The molecule has 0 bridgehead atoms. The molecule has 0 saturated carbocycles. The summed E-state index contributed by atoms with van der Waals surface area (Å²) in [5, 5.41) is 10.5. The van der Waals surface area contributed by atoms with Gasteiger partial charge in [-0.25, -0.2) is 4.68 Å². The molecule has 0 spiro atoms. The molecule has 2 amide bonds. The number of hydrogen-bond acceptors (Lipinski definition) is 3. The maximum absolute atomic E-state index is 12.7. The van der Waals surface area contributed by atoms with Crippen molar-refractivity contribution in [1.82, 2.24) is 20.4 Å². The number of carbonyl (C=O) groups excluding carboxylic acids is 2. The van der Waals surface area contributed by atoms with Crippen molar-refractivity contribution in [1.29, 1.82) is 0 Å². The second-order valence-electron chi connectivity index (χ2n) is 5.99. The number of nitrogens with one attached hydrogen (secondary N) is 2. The lowest BCUT2D eigenvalue weighted by Crippen LogP contribution is -2.24. The number of para-hydroxylation sites is 1. The van der Waals surface area contributed by atoms with E-state index in [1.165, 1.54) is 6.92 Å². The summed E-state index contributed by atoms with van der Waals surface area (Å²) in [4.78, 5) is 23.7. The summed E-state index contributed by atoms with van der Waals surface area (Å²) in [5.74, 6) is -0.327. The summed E-state index contributed by atoms with van der Waals surface area (Å²) in [5.41, 5.74) is 2.85. The fourth-order valence-electron chi connectivity index (χ4n) is 2.59. The van der Waals surface area contributed by atoms with Gasteiger partial charge in [-0.15, -0.1) is 0 Å². The topological polar surface area (TPSA) is 76.0 Å². The Kier molecular flexibility index (Phi) is 5.88. The molecule has 0 fully saturated rings. The van der Waals surface area contributed by atoms with Gasteiger partial charge in [0.05, 0.1) is 17.4 Å². The average molecular weight is 383 g/mol. The zero-order chi connectivity index (χ0) is 19.2. The maximum Gasteiger partial charge on any atom is 0.253 e. The van der Waals surface area contributed by atoms with Crippen LogP contribution in [-0.4, -0.2) is 21.6 Å². The number of nitrogens with zero attached hydrogens (tertiary/aromatic N) is 2. The quantitative estimate of drug-likeness (QED) is 0.687. The van der Waals surface area contributed by atoms with Crippen molar-refractivity contribution < 1.29 is 9.59 Å². The van der Waals surface area contributed by atoms with Crippen LogP contribution in [0, 0.1) is 0 Å². The third kappa shape index (κ3) is 4.74. The zero-order valence-corrected chi connectivity index (χ0v) is 15.5. The van der Waals surface area contributed by atoms with E-state index in [1.807, 2.05) is 30.3 Å². The monoisotopic (exact) mass is 382 g/mol. The van der Waals surface area contributed by atoms with Gasteiger partial charge in [-0.3, -0.25) is 9.59 Å². The van der Waals surface area contributed by atoms with Gasteiger partial charge in [-0.05, 0) is 23.8 Å². The van der Waals surface area contributed by atoms with Crippen molar-refractivity contribution >= 4 is 23.4 Å². The van der Waals surface area contributed by atoms with Gasteiger partial charge in [0.2, 0.25) is 5.91 Å². The predicted octanol–water partition coefficient (Wildman–Crippen LogP) is 3.09. The van der Waals surface area contributed by atoms with Gasteiger partial charge in [0, 0.05) is 36.8 Å². The van der Waals surface area contributed by atoms with Crippen molar-refractivity contribution in [3.05, 3.63) is 82.6 Å². The van der Waals surface area contributed by atoms with Crippen LogP contribution in [0.5, 0.6) is 0 Å². The van der Waals surface area contributed by atoms with Crippen LogP contribution >= 0.6 is 11.6 Å². The fourth-order valence-corrected chi connectivity index (χ4v) is 2.79. The molecular formula is C20H19ClN4O2. The van der Waals surface area contributed by atoms with Crippen molar-refractivity contribution in [2.45, 2.75) is 20.0 Å². The first-order valence-electron chi connectivity index (χ1n) is 8.43. The highest BCUT2D eigenvalue weighted by molar-refractivity contribution is 6.31. The van der Waals surface area contributed by atoms with E-state index in [-0.39, 0.29) is 11.8 Å². The van der Waals surface area contributed by atoms with E-state index in [4.69, 9.17) is 11.6 Å². The van der Waals surface area contributed by atoms with Gasteiger partial charge < -0.3 is 10.6 Å². The van der Waals surface area contributed by atoms with E-state index in [2.05, 4.69) is 15.7 Å². The highest BCUT2D eigenvalue weighted by Crippen LogP contribution is 2.17. The smallest absolute Gasteiger partial charge is 0.253 e. The van der Waals surface area contributed by atoms with Crippen LogP contribution in [0.25, 0.3) is 5.69 Å². The summed E-state index contributed by atoms with van der Waals surface area (Å²) < 4.78 is 1.63. The summed E-state index contributed by atoms with van der Waals surface area (Å²) in [6.45, 7) is 2.18. The van der Waals surface area contributed by atoms with Gasteiger partial charge in [-0.1, -0.05) is 41.9 Å². The largest absolute Gasteiger partial charge is 0.352 e. The molecule has 0 atom stereocenters. The Morgan fingerprint density at radius 3 is 2.56 bits per heavy atom. The molecule has 0 aliphatic carbocycles. The molecule has 1 aromatic heterocycles. The number of hydrogen-bond donors (Lipinski definition) is 2. The molecule has 2 N–H and O–H groups in total. The lowest BCUT2D eigenvalue weighted by molar-refractivity contribution is -0.119. The summed E-state index contributed by atoms with van der Waals surface area (Å²) in [6.07, 6.45) is 3.45. The first-order chi connectivity index (χ1) is 13.0. The molecule has 27 heavy (non-hydrogen) atoms. The van der Waals surface area contributed by atoms with Crippen LogP contribution in [0.3, 0.4) is 0 Å². The van der Waals surface area contributed by atoms with Crippen LogP contribution in [0.4, 0.5) is 0 Å². The minimum absolute atomic E-state index is 0.109. The molecular weight excluding hydrogens is 364 g/mol. The average Bonchev–Trinajstić information content (AvgIpc) is 3.14. The fraction of sp³-hybridized carbons (Fsp3) is 0.150. The first-order valence-corrected chi connectivity index (χ1v) is 8.81. The van der Waals surface area contributed by atoms with Gasteiger partial charge in [-0.2, -0.15) is 5.10 Å². The van der Waals surface area contributed by atoms with Crippen molar-refractivity contribution in [3.8, 4) is 5.69 Å². The maximum atomic E-state index is 12.7. The number of benzene rings is 2. The zero-order valence-electron chi connectivity index (χ0n) is 14.8. The number of aromatic nitrogens is 2. The SMILES string of the molecule is CC(=O)NCc1cnn(-c2ccccc2C(=O)NCc2ccccc2Cl)c1. The number of amides is 2. The molecule has 1 heterocycles. The molecule has 0 aliphatic rings. The molecule has 0 saturated heterocycles. The number of carbonyl (C=O) groups is 2. The molecule has 3 aromatic rings. The lowest BCUT2D eigenvalue weighted by Gasteiger charge is -2.11. The first kappa shape index (κ1) is 18.7. The molecule has 0 aliphatic heterocycles. The molecule has 6 nitrogen and oxygen atoms in total. The van der Waals surface area contributed by atoms with Crippen molar-refractivity contribution in [2.24, 2.45) is 0 Å². The number of rotatable bonds is 6. The van der Waals surface area contributed by atoms with Crippen LogP contribution < -0.4 is 10.6 Å². The molecule has 2 aromatic carbocycles. The molecule has 0 radical (unpaired) electrons. The van der Waals surface area contributed by atoms with Gasteiger partial charge in [0.1, 0.15) is 0 Å². The van der Waals surface area contributed by atoms with Crippen LogP contribution in [0.2, 0.25) is 5.02 Å². The highest BCUT2D eigenvalue weighted by atomic mass is 35.5. The van der Waals surface area contributed by atoms with E-state index in [9.17, 15) is 9.59 Å². The van der Waals surface area contributed by atoms with Gasteiger partial charge >= 0.3 is 0 Å². The Morgan fingerprint density at radius 2 is 1.78 bits per heavy atom. The molecule has 138 valence electrons. The third-order valence-electron chi connectivity index (χ3n) is 3.97. The number of halogens is 1. The molecule has 7 heteroatoms. The standard InChI is InChI=1S/C20H19ClN4O2/c1-14(26)22-10-15-11-24-25(13-15)19-9-5-3-7-17(19)20(27)23-12-16-6-2-4-8-18(16)21/h2-9,11,13H,10,12H2,1H3,(H,22,26)(H,23,27).